The number of methoxy groups -OCH3 is 2. The van der Waals surface area contributed by atoms with Crippen LogP contribution in [0.4, 0.5) is 0 Å². The maximum absolute atomic E-state index is 11.5. The molecule has 0 aliphatic heterocycles. The molecule has 0 atom stereocenters. The van der Waals surface area contributed by atoms with Crippen LogP contribution in [0, 0.1) is 0 Å². The van der Waals surface area contributed by atoms with E-state index >= 15 is 0 Å². The molecule has 0 saturated carbocycles. The maximum atomic E-state index is 11.5. The molecule has 0 fully saturated rings. The minimum atomic E-state index is -0.374. The number of nitrogens with zero attached hydrogens (tertiary/aromatic N) is 1. The van der Waals surface area contributed by atoms with E-state index < -0.39 is 0 Å². The van der Waals surface area contributed by atoms with Gasteiger partial charge in [0.2, 0.25) is 0 Å². The van der Waals surface area contributed by atoms with Crippen LogP contribution in [0.3, 0.4) is 0 Å². The molecule has 6 heteroatoms. The zero-order chi connectivity index (χ0) is 12.5. The number of thiazole rings is 1. The van der Waals surface area contributed by atoms with Crippen molar-refractivity contribution in [2.45, 2.75) is 19.4 Å². The zero-order valence-electron chi connectivity index (χ0n) is 10.1. The van der Waals surface area contributed by atoms with Crippen molar-refractivity contribution in [1.82, 2.24) is 4.98 Å². The van der Waals surface area contributed by atoms with E-state index in [0.717, 1.165) is 17.8 Å². The summed E-state index contributed by atoms with van der Waals surface area (Å²) in [6, 6.07) is 0. The molecule has 0 radical (unpaired) electrons. The second kappa shape index (κ2) is 8.16. The van der Waals surface area contributed by atoms with Gasteiger partial charge in [0, 0.05) is 26.2 Å². The third kappa shape index (κ3) is 5.25. The number of esters is 1. The van der Waals surface area contributed by atoms with Crippen molar-refractivity contribution in [1.29, 1.82) is 0 Å². The topological polar surface area (TPSA) is 57.7 Å². The summed E-state index contributed by atoms with van der Waals surface area (Å²) < 4.78 is 14.9. The third-order valence-electron chi connectivity index (χ3n) is 2.00. The molecule has 5 nitrogen and oxygen atoms in total. The van der Waals surface area contributed by atoms with E-state index in [4.69, 9.17) is 14.2 Å². The summed E-state index contributed by atoms with van der Waals surface area (Å²) in [7, 11) is 3.24. The van der Waals surface area contributed by atoms with Crippen LogP contribution in [-0.4, -0.2) is 38.4 Å². The highest BCUT2D eigenvalue weighted by Gasteiger charge is 2.11. The quantitative estimate of drug-likeness (QED) is 0.527. The van der Waals surface area contributed by atoms with E-state index in [9.17, 15) is 4.79 Å². The van der Waals surface area contributed by atoms with Gasteiger partial charge in [0.05, 0.1) is 13.2 Å². The third-order valence-corrected chi connectivity index (χ3v) is 2.83. The van der Waals surface area contributed by atoms with Gasteiger partial charge in [0.1, 0.15) is 5.01 Å². The summed E-state index contributed by atoms with van der Waals surface area (Å²) >= 11 is 1.39. The highest BCUT2D eigenvalue weighted by molar-refractivity contribution is 7.09. The second-order valence-corrected chi connectivity index (χ2v) is 4.34. The molecule has 0 N–H and O–H groups in total. The Labute approximate surface area is 105 Å². The highest BCUT2D eigenvalue weighted by atomic mass is 32.1. The minimum absolute atomic E-state index is 0.355. The first kappa shape index (κ1) is 14.1. The lowest BCUT2D eigenvalue weighted by atomic mass is 10.3. The first-order valence-electron chi connectivity index (χ1n) is 5.37. The predicted octanol–water partition coefficient (Wildman–Crippen LogP) is 1.87. The van der Waals surface area contributed by atoms with Crippen molar-refractivity contribution in [2.75, 3.05) is 27.4 Å². The van der Waals surface area contributed by atoms with Crippen LogP contribution in [0.2, 0.25) is 0 Å². The first-order valence-corrected chi connectivity index (χ1v) is 6.25. The van der Waals surface area contributed by atoms with Crippen LogP contribution >= 0.6 is 11.3 Å². The van der Waals surface area contributed by atoms with Crippen molar-refractivity contribution < 1.29 is 19.0 Å². The molecule has 1 rings (SSSR count). The standard InChI is InChI=1S/C11H17NO4S/c1-14-5-3-4-6-16-11(13)9-8-17-10(12-9)7-15-2/h8H,3-7H2,1-2H3. The van der Waals surface area contributed by atoms with Gasteiger partial charge in [-0.05, 0) is 12.8 Å². The number of hydrogen-bond donors (Lipinski definition) is 0. The average Bonchev–Trinajstić information content (AvgIpc) is 2.78. The molecule has 0 spiro atoms. The van der Waals surface area contributed by atoms with Crippen molar-refractivity contribution in [3.63, 3.8) is 0 Å². The van der Waals surface area contributed by atoms with Gasteiger partial charge in [-0.1, -0.05) is 0 Å². The van der Waals surface area contributed by atoms with Gasteiger partial charge < -0.3 is 14.2 Å². The molecule has 0 unspecified atom stereocenters. The van der Waals surface area contributed by atoms with Crippen LogP contribution in [0.5, 0.6) is 0 Å². The number of carbonyl (C=O) groups is 1. The Balaban J connectivity index is 2.26. The van der Waals surface area contributed by atoms with Crippen LogP contribution in [0.1, 0.15) is 28.3 Å². The van der Waals surface area contributed by atoms with E-state index in [1.165, 1.54) is 11.3 Å². The fourth-order valence-corrected chi connectivity index (χ4v) is 1.92. The number of ether oxygens (including phenoxy) is 3. The predicted molar refractivity (Wildman–Crippen MR) is 64.2 cm³/mol. The second-order valence-electron chi connectivity index (χ2n) is 3.40. The number of unbranched alkanes of at least 4 members (excludes halogenated alkanes) is 1. The lowest BCUT2D eigenvalue weighted by Gasteiger charge is -2.02. The molecule has 0 aliphatic rings. The number of carbonyl (C=O) groups excluding carboxylic acids is 1. The molecule has 1 aromatic rings. The minimum Gasteiger partial charge on any atom is -0.461 e. The van der Waals surface area contributed by atoms with E-state index in [1.807, 2.05) is 0 Å². The lowest BCUT2D eigenvalue weighted by Crippen LogP contribution is -2.07. The molecule has 1 aromatic heterocycles. The van der Waals surface area contributed by atoms with Gasteiger partial charge in [0.25, 0.3) is 0 Å². The smallest absolute Gasteiger partial charge is 0.357 e. The number of aromatic nitrogens is 1. The van der Waals surface area contributed by atoms with Crippen LogP contribution < -0.4 is 0 Å². The summed E-state index contributed by atoms with van der Waals surface area (Å²) in [5, 5.41) is 2.46. The Morgan fingerprint density at radius 3 is 2.76 bits per heavy atom. The summed E-state index contributed by atoms with van der Waals surface area (Å²) in [6.07, 6.45) is 1.68. The molecule has 0 aliphatic carbocycles. The molecular weight excluding hydrogens is 242 g/mol. The molecule has 0 amide bonds. The van der Waals surface area contributed by atoms with E-state index in [-0.39, 0.29) is 5.97 Å². The fourth-order valence-electron chi connectivity index (χ4n) is 1.18. The highest BCUT2D eigenvalue weighted by Crippen LogP contribution is 2.11. The van der Waals surface area contributed by atoms with E-state index in [0.29, 0.717) is 25.5 Å². The maximum Gasteiger partial charge on any atom is 0.357 e. The Hall–Kier alpha value is -0.980. The van der Waals surface area contributed by atoms with Gasteiger partial charge in [0.15, 0.2) is 5.69 Å². The molecule has 0 aromatic carbocycles. The van der Waals surface area contributed by atoms with Gasteiger partial charge in [-0.15, -0.1) is 11.3 Å². The Bertz CT molecular complexity index is 340. The fraction of sp³-hybridized carbons (Fsp3) is 0.636. The summed E-state index contributed by atoms with van der Waals surface area (Å²) in [5.74, 6) is -0.374. The van der Waals surface area contributed by atoms with Crippen LogP contribution in [0.25, 0.3) is 0 Å². The molecular formula is C11H17NO4S. The monoisotopic (exact) mass is 259 g/mol. The first-order chi connectivity index (χ1) is 8.27. The van der Waals surface area contributed by atoms with Gasteiger partial charge >= 0.3 is 5.97 Å². The van der Waals surface area contributed by atoms with Crippen molar-refractivity contribution in [3.8, 4) is 0 Å². The Morgan fingerprint density at radius 2 is 2.06 bits per heavy atom. The van der Waals surface area contributed by atoms with Crippen molar-refractivity contribution in [3.05, 3.63) is 16.1 Å². The molecule has 96 valence electrons. The molecule has 0 saturated heterocycles. The summed E-state index contributed by atoms with van der Waals surface area (Å²) in [6.45, 7) is 1.51. The largest absolute Gasteiger partial charge is 0.461 e. The van der Waals surface area contributed by atoms with Crippen LogP contribution in [-0.2, 0) is 20.8 Å². The Morgan fingerprint density at radius 1 is 1.29 bits per heavy atom. The average molecular weight is 259 g/mol. The SMILES string of the molecule is COCCCCOC(=O)c1csc(COC)n1. The summed E-state index contributed by atoms with van der Waals surface area (Å²) in [5.41, 5.74) is 0.355. The molecule has 1 heterocycles. The number of rotatable bonds is 8. The van der Waals surface area contributed by atoms with Gasteiger partial charge in [-0.25, -0.2) is 9.78 Å². The van der Waals surface area contributed by atoms with Gasteiger partial charge in [-0.2, -0.15) is 0 Å². The van der Waals surface area contributed by atoms with E-state index in [2.05, 4.69) is 4.98 Å². The zero-order valence-corrected chi connectivity index (χ0v) is 10.9. The molecule has 0 bridgehead atoms. The Kier molecular flexibility index (Phi) is 6.76. The number of hydrogen-bond acceptors (Lipinski definition) is 6. The normalized spacial score (nSPS) is 10.5. The van der Waals surface area contributed by atoms with Gasteiger partial charge in [-0.3, -0.25) is 0 Å². The van der Waals surface area contributed by atoms with E-state index in [1.54, 1.807) is 19.6 Å². The molecule has 17 heavy (non-hydrogen) atoms. The van der Waals surface area contributed by atoms with Crippen molar-refractivity contribution >= 4 is 17.3 Å². The van der Waals surface area contributed by atoms with Crippen molar-refractivity contribution in [2.24, 2.45) is 0 Å². The lowest BCUT2D eigenvalue weighted by molar-refractivity contribution is 0.0482. The van der Waals surface area contributed by atoms with Crippen LogP contribution in [0.15, 0.2) is 5.38 Å². The summed E-state index contributed by atoms with van der Waals surface area (Å²) in [4.78, 5) is 15.7.